The van der Waals surface area contributed by atoms with E-state index >= 15 is 0 Å². The van der Waals surface area contributed by atoms with E-state index in [-0.39, 0.29) is 11.8 Å². The molecule has 206 valence electrons. The van der Waals surface area contributed by atoms with Gasteiger partial charge >= 0.3 is 0 Å². The molecule has 0 saturated carbocycles. The molecule has 0 aliphatic rings. The molecule has 6 rings (SSSR count). The van der Waals surface area contributed by atoms with Crippen LogP contribution in [-0.4, -0.2) is 33.3 Å². The number of amides is 2. The summed E-state index contributed by atoms with van der Waals surface area (Å²) in [4.78, 5) is 37.0. The normalized spacial score (nSPS) is 11.0. The maximum atomic E-state index is 13.0. The Morgan fingerprint density at radius 2 is 0.905 bits per heavy atom. The summed E-state index contributed by atoms with van der Waals surface area (Å²) in [5, 5.41) is 8.04. The van der Waals surface area contributed by atoms with E-state index in [4.69, 9.17) is 0 Å². The van der Waals surface area contributed by atoms with E-state index in [9.17, 15) is 9.59 Å². The van der Waals surface area contributed by atoms with Gasteiger partial charge in [-0.1, -0.05) is 72.8 Å². The van der Waals surface area contributed by atoms with E-state index in [2.05, 4.69) is 20.6 Å². The summed E-state index contributed by atoms with van der Waals surface area (Å²) in [6.45, 7) is 0. The lowest BCUT2D eigenvalue weighted by Crippen LogP contribution is -2.14. The van der Waals surface area contributed by atoms with E-state index in [1.165, 1.54) is 0 Å². The van der Waals surface area contributed by atoms with Crippen LogP contribution in [0.25, 0.3) is 21.8 Å². The van der Waals surface area contributed by atoms with Crippen molar-refractivity contribution in [1.29, 1.82) is 0 Å². The molecule has 0 aliphatic carbocycles. The number of benzene rings is 4. The number of nitrogens with zero attached hydrogens (tertiary/aromatic N) is 2. The number of nitrogens with one attached hydrogen (secondary N) is 2. The first-order chi connectivity index (χ1) is 20.6. The van der Waals surface area contributed by atoms with Gasteiger partial charge in [0.25, 0.3) is 11.8 Å². The van der Waals surface area contributed by atoms with Crippen LogP contribution in [0.3, 0.4) is 0 Å². The van der Waals surface area contributed by atoms with Crippen molar-refractivity contribution in [3.63, 3.8) is 0 Å². The van der Waals surface area contributed by atoms with Gasteiger partial charge in [0.2, 0.25) is 0 Å². The number of anilines is 2. The number of pyridine rings is 2. The summed E-state index contributed by atoms with van der Waals surface area (Å²) >= 11 is 3.34. The summed E-state index contributed by atoms with van der Waals surface area (Å²) in [5.74, 6) is 1.13. The molecule has 6 aromatic rings. The molecule has 2 heterocycles. The van der Waals surface area contributed by atoms with E-state index in [1.807, 2.05) is 109 Å². The molecule has 8 heteroatoms. The highest BCUT2D eigenvalue weighted by Crippen LogP contribution is 2.32. The van der Waals surface area contributed by atoms with Gasteiger partial charge in [0.1, 0.15) is 11.4 Å². The third kappa shape index (κ3) is 6.46. The first-order valence-corrected chi connectivity index (χ1v) is 15.4. The summed E-state index contributed by atoms with van der Waals surface area (Å²) in [6.07, 6.45) is 0. The van der Waals surface area contributed by atoms with Gasteiger partial charge in [0.15, 0.2) is 0 Å². The van der Waals surface area contributed by atoms with Crippen LogP contribution in [0.2, 0.25) is 0 Å². The number of hydrogen-bond acceptors (Lipinski definition) is 6. The smallest absolute Gasteiger partial charge is 0.274 e. The molecule has 2 aromatic heterocycles. The number of carbonyl (C=O) groups is 2. The molecule has 2 N–H and O–H groups in total. The van der Waals surface area contributed by atoms with E-state index < -0.39 is 0 Å². The van der Waals surface area contributed by atoms with E-state index in [0.717, 1.165) is 54.5 Å². The van der Waals surface area contributed by atoms with E-state index in [0.29, 0.717) is 11.4 Å². The Morgan fingerprint density at radius 3 is 1.38 bits per heavy atom. The Balaban J connectivity index is 1.07. The molecule has 0 aliphatic heterocycles. The third-order valence-electron chi connectivity index (χ3n) is 6.53. The molecule has 42 heavy (non-hydrogen) atoms. The molecule has 0 fully saturated rings. The van der Waals surface area contributed by atoms with Crippen molar-refractivity contribution < 1.29 is 9.59 Å². The minimum atomic E-state index is -0.242. The van der Waals surface area contributed by atoms with Crippen molar-refractivity contribution in [3.8, 4) is 0 Å². The lowest BCUT2D eigenvalue weighted by molar-refractivity contribution is 0.101. The van der Waals surface area contributed by atoms with Gasteiger partial charge < -0.3 is 10.6 Å². The minimum Gasteiger partial charge on any atom is -0.320 e. The van der Waals surface area contributed by atoms with Crippen LogP contribution in [0, 0.1) is 0 Å². The number of fused-ring (bicyclic) bond motifs is 2. The molecule has 2 amide bonds. The molecule has 0 radical (unpaired) electrons. The summed E-state index contributed by atoms with van der Waals surface area (Å²) < 4.78 is 0. The van der Waals surface area contributed by atoms with Crippen LogP contribution in [-0.2, 0) is 0 Å². The fourth-order valence-electron chi connectivity index (χ4n) is 4.45. The van der Waals surface area contributed by atoms with Crippen LogP contribution in [0.4, 0.5) is 11.4 Å². The van der Waals surface area contributed by atoms with Crippen molar-refractivity contribution in [2.24, 2.45) is 0 Å². The molecule has 0 atom stereocenters. The van der Waals surface area contributed by atoms with Gasteiger partial charge in [-0.15, -0.1) is 23.5 Å². The number of thioether (sulfide) groups is 2. The second-order valence-corrected chi connectivity index (χ2v) is 11.6. The molecule has 4 aromatic carbocycles. The van der Waals surface area contributed by atoms with Gasteiger partial charge in [0, 0.05) is 32.1 Å². The van der Waals surface area contributed by atoms with Crippen molar-refractivity contribution in [2.75, 3.05) is 22.1 Å². The zero-order chi connectivity index (χ0) is 28.7. The summed E-state index contributed by atoms with van der Waals surface area (Å²) in [6, 6.07) is 38.3. The Labute approximate surface area is 252 Å². The van der Waals surface area contributed by atoms with Crippen LogP contribution in [0.5, 0.6) is 0 Å². The van der Waals surface area contributed by atoms with Crippen molar-refractivity contribution in [3.05, 3.63) is 133 Å². The Kier molecular flexibility index (Phi) is 8.44. The van der Waals surface area contributed by atoms with Crippen molar-refractivity contribution >= 4 is 68.5 Å². The highest BCUT2D eigenvalue weighted by atomic mass is 32.2. The van der Waals surface area contributed by atoms with Crippen LogP contribution in [0.1, 0.15) is 21.0 Å². The van der Waals surface area contributed by atoms with Crippen molar-refractivity contribution in [1.82, 2.24) is 9.97 Å². The number of rotatable bonds is 9. The molecule has 0 unspecified atom stereocenters. The molecular weight excluding hydrogens is 561 g/mol. The van der Waals surface area contributed by atoms with Gasteiger partial charge in [-0.25, -0.2) is 9.97 Å². The number of para-hydroxylation sites is 4. The fraction of sp³-hybridized carbons (Fsp3) is 0.0588. The lowest BCUT2D eigenvalue weighted by Gasteiger charge is -2.12. The quantitative estimate of drug-likeness (QED) is 0.131. The van der Waals surface area contributed by atoms with Crippen LogP contribution in [0.15, 0.2) is 131 Å². The molecule has 0 bridgehead atoms. The maximum Gasteiger partial charge on any atom is 0.274 e. The average Bonchev–Trinajstić information content (AvgIpc) is 3.04. The zero-order valence-corrected chi connectivity index (χ0v) is 24.1. The lowest BCUT2D eigenvalue weighted by atomic mass is 10.2. The van der Waals surface area contributed by atoms with E-state index in [1.54, 1.807) is 35.7 Å². The highest BCUT2D eigenvalue weighted by molar-refractivity contribution is 8.03. The number of aromatic nitrogens is 2. The average molecular weight is 587 g/mol. The Morgan fingerprint density at radius 1 is 0.500 bits per heavy atom. The monoisotopic (exact) mass is 586 g/mol. The number of hydrogen-bond donors (Lipinski definition) is 2. The first kappa shape index (κ1) is 27.5. The summed E-state index contributed by atoms with van der Waals surface area (Å²) in [7, 11) is 0. The van der Waals surface area contributed by atoms with Gasteiger partial charge in [-0.05, 0) is 48.5 Å². The third-order valence-corrected chi connectivity index (χ3v) is 8.94. The SMILES string of the molecule is O=C(Nc1ccccc1SCCSc1ccccc1NC(=O)c1ccc2ccccc2n1)c1ccc2ccccc2n1. The molecule has 6 nitrogen and oxygen atoms in total. The predicted octanol–water partition coefficient (Wildman–Crippen LogP) is 8.17. The Bertz CT molecular complexity index is 1770. The topological polar surface area (TPSA) is 84.0 Å². The zero-order valence-electron chi connectivity index (χ0n) is 22.5. The molecule has 0 saturated heterocycles. The van der Waals surface area contributed by atoms with Crippen LogP contribution < -0.4 is 10.6 Å². The summed E-state index contributed by atoms with van der Waals surface area (Å²) in [5.41, 5.74) is 3.83. The number of carbonyl (C=O) groups excluding carboxylic acids is 2. The van der Waals surface area contributed by atoms with Gasteiger partial charge in [0.05, 0.1) is 22.4 Å². The standard InChI is InChI=1S/C34H26N4O2S2/c39-33(29-19-17-23-9-1-3-11-25(23)35-29)37-27-13-5-7-15-31(27)41-21-22-42-32-16-8-6-14-28(32)38-34(40)30-20-18-24-10-2-4-12-26(24)36-30/h1-20H,21-22H2,(H,37,39)(H,38,40). The molecule has 0 spiro atoms. The predicted molar refractivity (Wildman–Crippen MR) is 174 cm³/mol. The highest BCUT2D eigenvalue weighted by Gasteiger charge is 2.13. The van der Waals surface area contributed by atoms with Crippen LogP contribution >= 0.6 is 23.5 Å². The second kappa shape index (κ2) is 12.9. The first-order valence-electron chi connectivity index (χ1n) is 13.4. The largest absolute Gasteiger partial charge is 0.320 e. The Hall–Kier alpha value is -4.66. The second-order valence-electron chi connectivity index (χ2n) is 9.38. The molecular formula is C34H26N4O2S2. The van der Waals surface area contributed by atoms with Gasteiger partial charge in [-0.3, -0.25) is 9.59 Å². The van der Waals surface area contributed by atoms with Gasteiger partial charge in [-0.2, -0.15) is 0 Å². The van der Waals surface area contributed by atoms with Crippen molar-refractivity contribution in [2.45, 2.75) is 9.79 Å². The minimum absolute atomic E-state index is 0.242. The maximum absolute atomic E-state index is 13.0. The fourth-order valence-corrected chi connectivity index (χ4v) is 6.46.